The first-order valence-electron chi connectivity index (χ1n) is 13.2. The van der Waals surface area contributed by atoms with Gasteiger partial charge in [0, 0.05) is 131 Å². The van der Waals surface area contributed by atoms with E-state index in [4.69, 9.17) is 30.0 Å². The van der Waals surface area contributed by atoms with Gasteiger partial charge in [0.15, 0.2) is 0 Å². The van der Waals surface area contributed by atoms with E-state index in [9.17, 15) is 0 Å². The second-order valence-electron chi connectivity index (χ2n) is 10.1. The summed E-state index contributed by atoms with van der Waals surface area (Å²) in [5, 5.41) is 3.54. The number of hydrogen-bond acceptors (Lipinski definition) is 6. The van der Waals surface area contributed by atoms with Gasteiger partial charge in [-0.2, -0.15) is 0 Å². The Bertz CT molecular complexity index is 2300. The van der Waals surface area contributed by atoms with Crippen molar-refractivity contribution in [2.45, 2.75) is 6.67 Å². The third kappa shape index (κ3) is 5.01. The minimum atomic E-state index is 0. The summed E-state index contributed by atoms with van der Waals surface area (Å²) in [4.78, 5) is 30.5. The van der Waals surface area contributed by atoms with Crippen LogP contribution in [0.15, 0.2) is 103 Å². The van der Waals surface area contributed by atoms with E-state index < -0.39 is 0 Å². The van der Waals surface area contributed by atoms with Gasteiger partial charge in [0.1, 0.15) is 11.7 Å². The molecule has 0 spiro atoms. The molecular weight excluding hydrogens is 864 g/mol. The van der Waals surface area contributed by atoms with Gasteiger partial charge in [-0.25, -0.2) is 9.98 Å². The SMILES string of the molecule is [Y].[Y].[Y].[Y].[c-]1cccc2c1C1=Nc3c4[c-]cccc4c4n3Cn3c(c5[c-]cccc5c3=NC2=N1)=NC1=NC(=N4)c2ccc[c-]c21. The van der Waals surface area contributed by atoms with Crippen molar-refractivity contribution in [1.29, 1.82) is 0 Å². The fourth-order valence-corrected chi connectivity index (χ4v) is 6.04. The third-order valence-corrected chi connectivity index (χ3v) is 7.86. The summed E-state index contributed by atoms with van der Waals surface area (Å²) < 4.78 is 4.18. The first-order chi connectivity index (χ1) is 20.3. The number of rotatable bonds is 0. The zero-order valence-corrected chi connectivity index (χ0v) is 34.9. The maximum atomic E-state index is 5.17. The molecule has 0 atom stereocenters. The van der Waals surface area contributed by atoms with Gasteiger partial charge in [-0.05, 0) is 0 Å². The number of fused-ring (bicyclic) bond motifs is 14. The van der Waals surface area contributed by atoms with Crippen LogP contribution in [0.25, 0.3) is 21.5 Å². The van der Waals surface area contributed by atoms with Gasteiger partial charge in [0.2, 0.25) is 0 Å². The fraction of sp³-hybridized carbons (Fsp3) is 0.0303. The van der Waals surface area contributed by atoms with Crippen LogP contribution < -0.4 is 11.0 Å². The van der Waals surface area contributed by atoms with Gasteiger partial charge in [-0.3, -0.25) is 9.98 Å². The molecule has 2 aromatic heterocycles. The average molecular weight is 878 g/mol. The van der Waals surface area contributed by atoms with E-state index in [1.54, 1.807) is 0 Å². The summed E-state index contributed by atoms with van der Waals surface area (Å²) in [6.07, 6.45) is 0. The number of benzene rings is 4. The van der Waals surface area contributed by atoms with Crippen molar-refractivity contribution >= 4 is 56.5 Å². The molecule has 10 rings (SSSR count). The molecule has 0 saturated heterocycles. The predicted octanol–water partition coefficient (Wildman–Crippen LogP) is 4.24. The molecular formula is C33H14N8Y4-4. The van der Waals surface area contributed by atoms with Gasteiger partial charge in [0.25, 0.3) is 0 Å². The van der Waals surface area contributed by atoms with Gasteiger partial charge in [-0.1, -0.05) is 43.8 Å². The molecule has 0 fully saturated rings. The molecule has 0 aliphatic carbocycles. The summed E-state index contributed by atoms with van der Waals surface area (Å²) >= 11 is 0. The fourth-order valence-electron chi connectivity index (χ4n) is 6.04. The van der Waals surface area contributed by atoms with E-state index in [2.05, 4.69) is 33.4 Å². The molecule has 4 aliphatic rings. The average Bonchev–Trinajstić information content (AvgIpc) is 3.72. The number of aromatic nitrogens is 2. The van der Waals surface area contributed by atoms with Crippen molar-refractivity contribution in [1.82, 2.24) is 9.13 Å². The number of nitrogens with zero attached hydrogens (tertiary/aromatic N) is 8. The Morgan fingerprint density at radius 2 is 1.00 bits per heavy atom. The van der Waals surface area contributed by atoms with Crippen LogP contribution in [-0.4, -0.2) is 32.5 Å². The van der Waals surface area contributed by atoms with Crippen LogP contribution in [0, 0.1) is 24.3 Å². The smallest absolute Gasteiger partial charge is 0.110 e. The van der Waals surface area contributed by atoms with E-state index in [1.807, 2.05) is 72.8 Å². The largest absolute Gasteiger partial charge is 0.341 e. The van der Waals surface area contributed by atoms with Gasteiger partial charge in [0.05, 0.1) is 41.0 Å². The standard InChI is InChI=1S/C33H14N8.4Y/c1-2-10-19-18(9-1)26-34-27(19)37-31-24-15-7-8-16-25(24)33-39-29-21-12-4-3-11-20(21)28(35-29)38-32-23-14-6-5-13-22(23)30(36-26)40(32)17-41(31)33;;;;/h1-9,12-13,16H,17H2;;;;/q-4;;;;. The second kappa shape index (κ2) is 12.9. The summed E-state index contributed by atoms with van der Waals surface area (Å²) in [5.74, 6) is 3.72. The topological polar surface area (TPSA) is 84.0 Å². The van der Waals surface area contributed by atoms with Gasteiger partial charge in [-0.15, -0.1) is 97.1 Å². The molecule has 0 saturated carbocycles. The first kappa shape index (κ1) is 33.6. The van der Waals surface area contributed by atoms with Gasteiger partial charge >= 0.3 is 0 Å². The predicted molar refractivity (Wildman–Crippen MR) is 155 cm³/mol. The Morgan fingerprint density at radius 1 is 0.467 bits per heavy atom. The Morgan fingerprint density at radius 3 is 1.73 bits per heavy atom. The number of aliphatic imine (C=N–C) groups is 4. The molecule has 4 aliphatic heterocycles. The van der Waals surface area contributed by atoms with Crippen molar-refractivity contribution in [2.75, 3.05) is 0 Å². The maximum absolute atomic E-state index is 5.17. The van der Waals surface area contributed by atoms with E-state index in [-0.39, 0.29) is 131 Å². The summed E-state index contributed by atoms with van der Waals surface area (Å²) in [7, 11) is 0. The monoisotopic (exact) mass is 878 g/mol. The molecule has 0 amide bonds. The zero-order chi connectivity index (χ0) is 26.7. The zero-order valence-electron chi connectivity index (χ0n) is 23.5. The molecule has 6 heterocycles. The molecule has 6 bridgehead atoms. The van der Waals surface area contributed by atoms with Crippen molar-refractivity contribution in [3.05, 3.63) is 130 Å². The molecule has 0 unspecified atom stereocenters. The minimum absolute atomic E-state index is 0. The van der Waals surface area contributed by atoms with Crippen LogP contribution >= 0.6 is 0 Å². The van der Waals surface area contributed by atoms with Crippen LogP contribution in [-0.2, 0) is 138 Å². The summed E-state index contributed by atoms with van der Waals surface area (Å²) in [6.45, 7) is 0.363. The quantitative estimate of drug-likeness (QED) is 0.205. The van der Waals surface area contributed by atoms with E-state index in [1.165, 1.54) is 0 Å². The van der Waals surface area contributed by atoms with Gasteiger partial charge < -0.3 is 19.1 Å². The van der Waals surface area contributed by atoms with E-state index in [0.29, 0.717) is 41.3 Å². The van der Waals surface area contributed by atoms with Crippen LogP contribution in [0.4, 0.5) is 11.6 Å². The van der Waals surface area contributed by atoms with Crippen molar-refractivity contribution in [3.8, 4) is 0 Å². The Balaban J connectivity index is 0.000000893. The van der Waals surface area contributed by atoms with Crippen molar-refractivity contribution < 1.29 is 131 Å². The maximum Gasteiger partial charge on any atom is 0.110 e. The summed E-state index contributed by atoms with van der Waals surface area (Å²) in [5.41, 5.74) is 4.83. The van der Waals surface area contributed by atoms with Crippen LogP contribution in [0.3, 0.4) is 0 Å². The van der Waals surface area contributed by atoms with Crippen LogP contribution in [0.5, 0.6) is 0 Å². The van der Waals surface area contributed by atoms with Crippen LogP contribution in [0.2, 0.25) is 0 Å². The Hall–Kier alpha value is -1.34. The third-order valence-electron chi connectivity index (χ3n) is 7.86. The van der Waals surface area contributed by atoms with E-state index >= 15 is 0 Å². The van der Waals surface area contributed by atoms with Crippen molar-refractivity contribution in [2.24, 2.45) is 30.0 Å². The molecule has 8 nitrogen and oxygen atoms in total. The molecule has 6 aromatic rings. The summed E-state index contributed by atoms with van der Waals surface area (Å²) in [6, 6.07) is 37.0. The molecule has 4 radical (unpaired) electrons. The molecule has 4 aromatic carbocycles. The first-order valence-corrected chi connectivity index (χ1v) is 13.2. The molecule has 12 heteroatoms. The number of amidine groups is 4. The minimum Gasteiger partial charge on any atom is -0.341 e. The number of hydrogen-bond donors (Lipinski definition) is 0. The van der Waals surface area contributed by atoms with E-state index in [0.717, 1.165) is 55.1 Å². The second-order valence-corrected chi connectivity index (χ2v) is 10.1. The Kier molecular flexibility index (Phi) is 9.64. The van der Waals surface area contributed by atoms with Crippen molar-refractivity contribution in [3.63, 3.8) is 0 Å². The van der Waals surface area contributed by atoms with Crippen LogP contribution in [0.1, 0.15) is 22.3 Å². The Labute approximate surface area is 358 Å². The molecule has 0 N–H and O–H groups in total. The molecule has 202 valence electrons. The molecule has 45 heavy (non-hydrogen) atoms. The normalized spacial score (nSPS) is 14.3.